The van der Waals surface area contributed by atoms with Gasteiger partial charge in [0.1, 0.15) is 0 Å². The van der Waals surface area contributed by atoms with Crippen molar-refractivity contribution >= 4 is 29.1 Å². The molecule has 6 rings (SSSR count). The van der Waals surface area contributed by atoms with E-state index in [1.807, 2.05) is 30.3 Å². The van der Waals surface area contributed by atoms with Gasteiger partial charge in [0.25, 0.3) is 5.56 Å². The predicted molar refractivity (Wildman–Crippen MR) is 155 cm³/mol. The maximum atomic E-state index is 14.1. The minimum absolute atomic E-state index is 0.0803. The van der Waals surface area contributed by atoms with Crippen molar-refractivity contribution in [1.82, 2.24) is 4.57 Å². The number of methoxy groups -OCH3 is 2. The van der Waals surface area contributed by atoms with E-state index >= 15 is 0 Å². The topological polar surface area (TPSA) is 118 Å². The van der Waals surface area contributed by atoms with E-state index in [0.717, 1.165) is 0 Å². The smallest absolute Gasteiger partial charge is 0.338 e. The Labute approximate surface area is 244 Å². The van der Waals surface area contributed by atoms with Gasteiger partial charge in [0.2, 0.25) is 12.5 Å². The Bertz CT molecular complexity index is 1880. The molecule has 0 amide bonds. The molecule has 1 N–H and O–H groups in total. The van der Waals surface area contributed by atoms with Gasteiger partial charge in [-0.3, -0.25) is 9.36 Å². The predicted octanol–water partition coefficient (Wildman–Crippen LogP) is 3.39. The summed E-state index contributed by atoms with van der Waals surface area (Å²) < 4.78 is 29.1. The molecule has 11 heteroatoms. The zero-order chi connectivity index (χ0) is 29.4. The second-order valence-corrected chi connectivity index (χ2v) is 10.3. The average molecular weight is 587 g/mol. The van der Waals surface area contributed by atoms with Gasteiger partial charge in [-0.05, 0) is 48.4 Å². The van der Waals surface area contributed by atoms with Crippen molar-refractivity contribution in [3.8, 4) is 28.7 Å². The minimum Gasteiger partial charge on any atom is -0.502 e. The number of rotatable bonds is 7. The molecule has 3 aromatic carbocycles. The number of hydrogen-bond donors (Lipinski definition) is 1. The average Bonchev–Trinajstić information content (AvgIpc) is 3.61. The van der Waals surface area contributed by atoms with Gasteiger partial charge in [0.05, 0.1) is 42.7 Å². The van der Waals surface area contributed by atoms with Gasteiger partial charge >= 0.3 is 5.97 Å². The van der Waals surface area contributed by atoms with Crippen molar-refractivity contribution in [1.29, 1.82) is 0 Å². The number of thiazole rings is 1. The van der Waals surface area contributed by atoms with Gasteiger partial charge < -0.3 is 28.8 Å². The monoisotopic (exact) mass is 586 g/mol. The lowest BCUT2D eigenvalue weighted by Crippen LogP contribution is -2.40. The third-order valence-electron chi connectivity index (χ3n) is 6.89. The molecule has 0 saturated carbocycles. The van der Waals surface area contributed by atoms with Gasteiger partial charge in [0, 0.05) is 5.56 Å². The van der Waals surface area contributed by atoms with Crippen LogP contribution >= 0.6 is 11.3 Å². The quantitative estimate of drug-likeness (QED) is 0.328. The van der Waals surface area contributed by atoms with Gasteiger partial charge in [-0.15, -0.1) is 0 Å². The molecule has 0 radical (unpaired) electrons. The fourth-order valence-corrected chi connectivity index (χ4v) is 5.99. The molecular formula is C31H26N2O8S. The molecule has 3 heterocycles. The summed E-state index contributed by atoms with van der Waals surface area (Å²) in [6.45, 7) is 1.95. The Morgan fingerprint density at radius 1 is 1.07 bits per heavy atom. The molecule has 42 heavy (non-hydrogen) atoms. The Kier molecular flexibility index (Phi) is 7.17. The van der Waals surface area contributed by atoms with Gasteiger partial charge in [-0.1, -0.05) is 47.7 Å². The summed E-state index contributed by atoms with van der Waals surface area (Å²) in [5.41, 5.74) is 2.19. The largest absolute Gasteiger partial charge is 0.502 e. The number of carbonyl (C=O) groups excluding carboxylic acids is 1. The number of aromatic nitrogens is 1. The highest BCUT2D eigenvalue weighted by Gasteiger charge is 2.36. The van der Waals surface area contributed by atoms with Crippen molar-refractivity contribution in [2.75, 3.05) is 27.6 Å². The summed E-state index contributed by atoms with van der Waals surface area (Å²) in [4.78, 5) is 33.0. The van der Waals surface area contributed by atoms with Crippen LogP contribution in [-0.2, 0) is 9.53 Å². The maximum Gasteiger partial charge on any atom is 0.338 e. The van der Waals surface area contributed by atoms with Crippen LogP contribution in [0.5, 0.6) is 28.7 Å². The SMILES string of the molecule is CCOC(=O)C1=C(c2ccccc2)N=c2sc(=Cc3cc(OC)c(O)c(OC)c3)c(=O)n2[C@H]1c1ccc2c(c1)OCO2. The van der Waals surface area contributed by atoms with E-state index in [9.17, 15) is 14.7 Å². The number of fused-ring (bicyclic) bond motifs is 2. The van der Waals surface area contributed by atoms with Gasteiger partial charge in [-0.2, -0.15) is 0 Å². The summed E-state index contributed by atoms with van der Waals surface area (Å²) in [6.07, 6.45) is 1.67. The summed E-state index contributed by atoms with van der Waals surface area (Å²) in [5.74, 6) is 0.758. The number of nitrogens with zero attached hydrogens (tertiary/aromatic N) is 2. The Morgan fingerprint density at radius 3 is 2.48 bits per heavy atom. The van der Waals surface area contributed by atoms with Crippen molar-refractivity contribution in [2.24, 2.45) is 4.99 Å². The van der Waals surface area contributed by atoms with Crippen LogP contribution in [0.25, 0.3) is 11.8 Å². The Hall–Kier alpha value is -5.03. The normalized spacial score (nSPS) is 15.7. The standard InChI is InChI=1S/C31H26N2O8S/c1-4-39-30(36)25-26(18-8-6-5-7-9-18)32-31-33(27(25)19-10-11-20-21(15-19)41-16-40-20)29(35)24(42-31)14-17-12-22(37-2)28(34)23(13-17)38-3/h5-15,27,34H,4,16H2,1-3H3/t27-/m0/s1. The van der Waals surface area contributed by atoms with Crippen molar-refractivity contribution in [3.63, 3.8) is 0 Å². The fraction of sp³-hybridized carbons (Fsp3) is 0.194. The van der Waals surface area contributed by atoms with Crippen LogP contribution in [0.2, 0.25) is 0 Å². The third-order valence-corrected chi connectivity index (χ3v) is 7.87. The highest BCUT2D eigenvalue weighted by molar-refractivity contribution is 7.07. The number of aromatic hydroxyl groups is 1. The lowest BCUT2D eigenvalue weighted by Gasteiger charge is -2.26. The molecule has 0 bridgehead atoms. The lowest BCUT2D eigenvalue weighted by molar-refractivity contribution is -0.138. The van der Waals surface area contributed by atoms with Crippen molar-refractivity contribution < 1.29 is 33.6 Å². The summed E-state index contributed by atoms with van der Waals surface area (Å²) in [5, 5.41) is 10.3. The van der Waals surface area contributed by atoms with E-state index < -0.39 is 12.0 Å². The number of benzene rings is 3. The molecule has 1 aromatic heterocycles. The van der Waals surface area contributed by atoms with Crippen molar-refractivity contribution in [2.45, 2.75) is 13.0 Å². The van der Waals surface area contributed by atoms with Crippen LogP contribution in [0.1, 0.15) is 29.7 Å². The number of phenolic OH excluding ortho intramolecular Hbond substituents is 1. The number of hydrogen-bond acceptors (Lipinski definition) is 10. The van der Waals surface area contributed by atoms with E-state index in [4.69, 9.17) is 28.7 Å². The molecule has 0 fully saturated rings. The van der Waals surface area contributed by atoms with E-state index in [1.165, 1.54) is 30.1 Å². The molecule has 0 saturated heterocycles. The summed E-state index contributed by atoms with van der Waals surface area (Å²) in [7, 11) is 2.86. The first-order valence-corrected chi connectivity index (χ1v) is 13.9. The molecule has 0 aliphatic carbocycles. The van der Waals surface area contributed by atoms with Gasteiger partial charge in [0.15, 0.2) is 27.8 Å². The molecule has 2 aliphatic rings. The Morgan fingerprint density at radius 2 is 1.79 bits per heavy atom. The number of carbonyl (C=O) groups is 1. The van der Waals surface area contributed by atoms with Crippen LogP contribution in [0.3, 0.4) is 0 Å². The van der Waals surface area contributed by atoms with E-state index in [0.29, 0.717) is 43.2 Å². The first kappa shape index (κ1) is 27.2. The summed E-state index contributed by atoms with van der Waals surface area (Å²) >= 11 is 1.18. The molecule has 10 nitrogen and oxygen atoms in total. The first-order chi connectivity index (χ1) is 20.4. The van der Waals surface area contributed by atoms with Crippen LogP contribution in [0, 0.1) is 0 Å². The third kappa shape index (κ3) is 4.67. The molecule has 0 spiro atoms. The minimum atomic E-state index is -0.865. The number of esters is 1. The molecule has 1 atom stereocenters. The molecule has 2 aliphatic heterocycles. The zero-order valence-electron chi connectivity index (χ0n) is 23.0. The zero-order valence-corrected chi connectivity index (χ0v) is 23.8. The molecule has 4 aromatic rings. The van der Waals surface area contributed by atoms with E-state index in [1.54, 1.807) is 43.3 Å². The highest BCUT2D eigenvalue weighted by atomic mass is 32.1. The van der Waals surface area contributed by atoms with Crippen molar-refractivity contribution in [3.05, 3.63) is 103 Å². The van der Waals surface area contributed by atoms with Gasteiger partial charge in [-0.25, -0.2) is 9.79 Å². The second-order valence-electron chi connectivity index (χ2n) is 9.32. The van der Waals surface area contributed by atoms with Crippen LogP contribution in [0.4, 0.5) is 0 Å². The van der Waals surface area contributed by atoms with Crippen LogP contribution in [0.15, 0.2) is 76.0 Å². The maximum absolute atomic E-state index is 14.1. The highest BCUT2D eigenvalue weighted by Crippen LogP contribution is 2.40. The molecule has 214 valence electrons. The van der Waals surface area contributed by atoms with Crippen LogP contribution in [-0.4, -0.2) is 43.3 Å². The van der Waals surface area contributed by atoms with E-state index in [-0.39, 0.29) is 41.8 Å². The fourth-order valence-electron chi connectivity index (χ4n) is 4.99. The molecular weight excluding hydrogens is 560 g/mol. The van der Waals surface area contributed by atoms with E-state index in [2.05, 4.69) is 0 Å². The second kappa shape index (κ2) is 11.1. The lowest BCUT2D eigenvalue weighted by atomic mass is 9.93. The summed E-state index contributed by atoms with van der Waals surface area (Å²) in [6, 6.07) is 17.0. The first-order valence-electron chi connectivity index (χ1n) is 13.1. The molecule has 0 unspecified atom stereocenters. The number of phenols is 1. The van der Waals surface area contributed by atoms with Crippen LogP contribution < -0.4 is 33.8 Å². The number of ether oxygens (including phenoxy) is 5. The Balaban J connectivity index is 1.63.